The average molecular weight is 251 g/mol. The van der Waals surface area contributed by atoms with Gasteiger partial charge in [-0.15, -0.1) is 0 Å². The SMILES string of the molecule is CC(C)(O)COc1ccc([N+](=O)[O-])cc1C1CC1. The van der Waals surface area contributed by atoms with Gasteiger partial charge in [0.25, 0.3) is 5.69 Å². The molecule has 5 heteroatoms. The van der Waals surface area contributed by atoms with E-state index in [1.165, 1.54) is 6.07 Å². The van der Waals surface area contributed by atoms with Crippen LogP contribution in [-0.4, -0.2) is 22.2 Å². The third-order valence-electron chi connectivity index (χ3n) is 2.80. The van der Waals surface area contributed by atoms with E-state index in [0.717, 1.165) is 18.4 Å². The molecule has 1 aliphatic carbocycles. The topological polar surface area (TPSA) is 72.6 Å². The Bertz CT molecular complexity index is 461. The Morgan fingerprint density at radius 3 is 2.67 bits per heavy atom. The van der Waals surface area contributed by atoms with Crippen molar-refractivity contribution in [2.75, 3.05) is 6.61 Å². The first-order chi connectivity index (χ1) is 8.37. The van der Waals surface area contributed by atoms with E-state index in [2.05, 4.69) is 0 Å². The first kappa shape index (κ1) is 12.8. The van der Waals surface area contributed by atoms with Gasteiger partial charge in [-0.1, -0.05) is 0 Å². The van der Waals surface area contributed by atoms with Crippen molar-refractivity contribution in [3.05, 3.63) is 33.9 Å². The molecule has 0 unspecified atom stereocenters. The Hall–Kier alpha value is -1.62. The monoisotopic (exact) mass is 251 g/mol. The zero-order valence-corrected chi connectivity index (χ0v) is 10.5. The maximum atomic E-state index is 10.7. The van der Waals surface area contributed by atoms with Crippen molar-refractivity contribution in [1.29, 1.82) is 0 Å². The highest BCUT2D eigenvalue weighted by Gasteiger charge is 2.29. The van der Waals surface area contributed by atoms with E-state index in [9.17, 15) is 15.2 Å². The van der Waals surface area contributed by atoms with Crippen molar-refractivity contribution in [3.8, 4) is 5.75 Å². The predicted octanol–water partition coefficient (Wildman–Crippen LogP) is 2.62. The van der Waals surface area contributed by atoms with Gasteiger partial charge in [0.15, 0.2) is 0 Å². The van der Waals surface area contributed by atoms with E-state index in [1.54, 1.807) is 26.0 Å². The Balaban J connectivity index is 2.21. The van der Waals surface area contributed by atoms with Crippen LogP contribution in [0.4, 0.5) is 5.69 Å². The zero-order chi connectivity index (χ0) is 13.3. The molecule has 1 saturated carbocycles. The van der Waals surface area contributed by atoms with Gasteiger partial charge in [0, 0.05) is 17.7 Å². The fourth-order valence-electron chi connectivity index (χ4n) is 1.75. The van der Waals surface area contributed by atoms with Crippen molar-refractivity contribution in [2.24, 2.45) is 0 Å². The van der Waals surface area contributed by atoms with Gasteiger partial charge in [-0.2, -0.15) is 0 Å². The van der Waals surface area contributed by atoms with Gasteiger partial charge in [-0.05, 0) is 38.7 Å². The van der Waals surface area contributed by atoms with Crippen LogP contribution in [0.2, 0.25) is 0 Å². The van der Waals surface area contributed by atoms with E-state index < -0.39 is 10.5 Å². The lowest BCUT2D eigenvalue weighted by Gasteiger charge is -2.19. The summed E-state index contributed by atoms with van der Waals surface area (Å²) in [5, 5.41) is 20.4. The molecule has 1 fully saturated rings. The maximum absolute atomic E-state index is 10.7. The summed E-state index contributed by atoms with van der Waals surface area (Å²) in [6.07, 6.45) is 2.08. The number of benzene rings is 1. The molecule has 0 spiro atoms. The summed E-state index contributed by atoms with van der Waals surface area (Å²) in [5.41, 5.74) is 0.0590. The zero-order valence-electron chi connectivity index (χ0n) is 10.5. The van der Waals surface area contributed by atoms with E-state index in [-0.39, 0.29) is 12.3 Å². The quantitative estimate of drug-likeness (QED) is 0.645. The summed E-state index contributed by atoms with van der Waals surface area (Å²) in [5.74, 6) is 1.01. The molecule has 0 heterocycles. The van der Waals surface area contributed by atoms with Crippen LogP contribution in [0.1, 0.15) is 38.2 Å². The van der Waals surface area contributed by atoms with Crippen LogP contribution in [0.15, 0.2) is 18.2 Å². The number of hydrogen-bond acceptors (Lipinski definition) is 4. The average Bonchev–Trinajstić information content (AvgIpc) is 3.08. The molecule has 1 aliphatic rings. The molecule has 0 aliphatic heterocycles. The predicted molar refractivity (Wildman–Crippen MR) is 66.9 cm³/mol. The lowest BCUT2D eigenvalue weighted by Crippen LogP contribution is -2.28. The first-order valence-electron chi connectivity index (χ1n) is 6.00. The number of rotatable bonds is 5. The highest BCUT2D eigenvalue weighted by molar-refractivity contribution is 5.47. The maximum Gasteiger partial charge on any atom is 0.269 e. The van der Waals surface area contributed by atoms with Gasteiger partial charge in [0.05, 0.1) is 10.5 Å². The van der Waals surface area contributed by atoms with E-state index in [0.29, 0.717) is 11.7 Å². The molecular formula is C13H17NO4. The van der Waals surface area contributed by atoms with Gasteiger partial charge < -0.3 is 9.84 Å². The number of nitrogens with zero attached hydrogens (tertiary/aromatic N) is 1. The molecular weight excluding hydrogens is 234 g/mol. The number of non-ortho nitro benzene ring substituents is 1. The van der Waals surface area contributed by atoms with Crippen LogP contribution in [0.5, 0.6) is 5.75 Å². The number of nitro groups is 1. The lowest BCUT2D eigenvalue weighted by atomic mass is 10.1. The Morgan fingerprint density at radius 2 is 2.17 bits per heavy atom. The van der Waals surface area contributed by atoms with E-state index >= 15 is 0 Å². The number of hydrogen-bond donors (Lipinski definition) is 1. The van der Waals surface area contributed by atoms with Gasteiger partial charge in [0.2, 0.25) is 0 Å². The summed E-state index contributed by atoms with van der Waals surface area (Å²) in [6, 6.07) is 4.64. The molecule has 5 nitrogen and oxygen atoms in total. The highest BCUT2D eigenvalue weighted by Crippen LogP contribution is 2.45. The minimum Gasteiger partial charge on any atom is -0.490 e. The highest BCUT2D eigenvalue weighted by atomic mass is 16.6. The molecule has 1 aromatic carbocycles. The first-order valence-corrected chi connectivity index (χ1v) is 6.00. The van der Waals surface area contributed by atoms with Crippen LogP contribution in [0.3, 0.4) is 0 Å². The van der Waals surface area contributed by atoms with Crippen LogP contribution < -0.4 is 4.74 Å². The lowest BCUT2D eigenvalue weighted by molar-refractivity contribution is -0.384. The van der Waals surface area contributed by atoms with Crippen LogP contribution in [-0.2, 0) is 0 Å². The van der Waals surface area contributed by atoms with Gasteiger partial charge in [-0.3, -0.25) is 10.1 Å². The summed E-state index contributed by atoms with van der Waals surface area (Å²) in [7, 11) is 0. The van der Waals surface area contributed by atoms with Crippen molar-refractivity contribution >= 4 is 5.69 Å². The smallest absolute Gasteiger partial charge is 0.269 e. The van der Waals surface area contributed by atoms with Crippen LogP contribution in [0, 0.1) is 10.1 Å². The molecule has 0 radical (unpaired) electrons. The second-order valence-corrected chi connectivity index (χ2v) is 5.35. The Morgan fingerprint density at radius 1 is 1.50 bits per heavy atom. The standard InChI is InChI=1S/C13H17NO4/c1-13(2,15)8-18-12-6-5-10(14(16)17)7-11(12)9-3-4-9/h5-7,9,15H,3-4,8H2,1-2H3. The molecule has 0 atom stereocenters. The number of nitro benzene ring substituents is 1. The van der Waals surface area contributed by atoms with Crippen molar-refractivity contribution in [3.63, 3.8) is 0 Å². The van der Waals surface area contributed by atoms with Gasteiger partial charge in [0.1, 0.15) is 12.4 Å². The van der Waals surface area contributed by atoms with Gasteiger partial charge in [-0.25, -0.2) is 0 Å². The summed E-state index contributed by atoms with van der Waals surface area (Å²) < 4.78 is 5.57. The second-order valence-electron chi connectivity index (χ2n) is 5.35. The van der Waals surface area contributed by atoms with Crippen molar-refractivity contribution in [2.45, 2.75) is 38.2 Å². The molecule has 1 N–H and O–H groups in total. The fraction of sp³-hybridized carbons (Fsp3) is 0.538. The van der Waals surface area contributed by atoms with Crippen LogP contribution in [0.25, 0.3) is 0 Å². The molecule has 0 saturated heterocycles. The normalized spacial score (nSPS) is 15.5. The van der Waals surface area contributed by atoms with Crippen LogP contribution >= 0.6 is 0 Å². The largest absolute Gasteiger partial charge is 0.490 e. The number of ether oxygens (including phenoxy) is 1. The summed E-state index contributed by atoms with van der Waals surface area (Å²) >= 11 is 0. The van der Waals surface area contributed by atoms with Crippen molar-refractivity contribution in [1.82, 2.24) is 0 Å². The van der Waals surface area contributed by atoms with E-state index in [1.807, 2.05) is 0 Å². The molecule has 18 heavy (non-hydrogen) atoms. The molecule has 98 valence electrons. The van der Waals surface area contributed by atoms with Crippen molar-refractivity contribution < 1.29 is 14.8 Å². The third kappa shape index (κ3) is 3.20. The number of aliphatic hydroxyl groups is 1. The third-order valence-corrected chi connectivity index (χ3v) is 2.80. The second kappa shape index (κ2) is 4.57. The minimum absolute atomic E-state index is 0.0903. The fourth-order valence-corrected chi connectivity index (χ4v) is 1.75. The Labute approximate surface area is 106 Å². The van der Waals surface area contributed by atoms with E-state index in [4.69, 9.17) is 4.74 Å². The summed E-state index contributed by atoms with van der Waals surface area (Å²) in [4.78, 5) is 10.4. The Kier molecular flexibility index (Phi) is 3.26. The van der Waals surface area contributed by atoms with Gasteiger partial charge >= 0.3 is 0 Å². The molecule has 0 aromatic heterocycles. The minimum atomic E-state index is -0.914. The molecule has 0 amide bonds. The molecule has 2 rings (SSSR count). The molecule has 0 bridgehead atoms. The molecule has 1 aromatic rings. The summed E-state index contributed by atoms with van der Waals surface area (Å²) in [6.45, 7) is 3.49.